The minimum Gasteiger partial charge on any atom is -0.298 e. The highest BCUT2D eigenvalue weighted by molar-refractivity contribution is 7.89. The van der Waals surface area contributed by atoms with Gasteiger partial charge in [-0.3, -0.25) is 4.57 Å². The van der Waals surface area contributed by atoms with Gasteiger partial charge in [0.15, 0.2) is 0 Å². The van der Waals surface area contributed by atoms with E-state index in [0.29, 0.717) is 0 Å². The number of nitrogens with zero attached hydrogens (tertiary/aromatic N) is 3. The van der Waals surface area contributed by atoms with Crippen LogP contribution in [0, 0.1) is 5.41 Å². The maximum atomic E-state index is 11.4. The van der Waals surface area contributed by atoms with Crippen molar-refractivity contribution in [2.75, 3.05) is 0 Å². The molecule has 1 aromatic heterocycles. The number of hydrogen-bond donors (Lipinski definition) is 1. The molecular formula is C10H18N4O2S. The first-order valence-electron chi connectivity index (χ1n) is 5.62. The maximum absolute atomic E-state index is 11.4. The third kappa shape index (κ3) is 2.09. The summed E-state index contributed by atoms with van der Waals surface area (Å²) in [5.74, 6) is 1.00. The molecule has 1 atom stereocenters. The Morgan fingerprint density at radius 1 is 1.41 bits per heavy atom. The van der Waals surface area contributed by atoms with E-state index in [0.717, 1.165) is 12.2 Å². The summed E-state index contributed by atoms with van der Waals surface area (Å²) >= 11 is 0. The zero-order valence-corrected chi connectivity index (χ0v) is 11.3. The average Bonchev–Trinajstić information content (AvgIpc) is 2.62. The number of rotatable bonds is 3. The number of nitrogens with two attached hydrogens (primary N) is 1. The van der Waals surface area contributed by atoms with Gasteiger partial charge in [-0.25, -0.2) is 13.6 Å². The minimum absolute atomic E-state index is 0.0234. The summed E-state index contributed by atoms with van der Waals surface area (Å²) < 4.78 is 24.5. The van der Waals surface area contributed by atoms with E-state index in [1.807, 2.05) is 13.8 Å². The van der Waals surface area contributed by atoms with Crippen molar-refractivity contribution in [3.8, 4) is 0 Å². The fourth-order valence-corrected chi connectivity index (χ4v) is 2.85. The lowest BCUT2D eigenvalue weighted by Gasteiger charge is -2.13. The summed E-state index contributed by atoms with van der Waals surface area (Å²) in [6.07, 6.45) is 1.00. The molecule has 1 aromatic rings. The second-order valence-electron chi connectivity index (χ2n) is 5.59. The van der Waals surface area contributed by atoms with Crippen molar-refractivity contribution in [3.05, 3.63) is 5.82 Å². The van der Waals surface area contributed by atoms with Crippen molar-refractivity contribution < 1.29 is 8.42 Å². The monoisotopic (exact) mass is 258 g/mol. The molecule has 1 aliphatic carbocycles. The largest absolute Gasteiger partial charge is 0.298 e. The van der Waals surface area contributed by atoms with E-state index >= 15 is 0 Å². The van der Waals surface area contributed by atoms with Crippen molar-refractivity contribution in [2.45, 2.75) is 51.2 Å². The van der Waals surface area contributed by atoms with Crippen LogP contribution in [0.3, 0.4) is 0 Å². The summed E-state index contributed by atoms with van der Waals surface area (Å²) in [5.41, 5.74) is 0.176. The molecule has 17 heavy (non-hydrogen) atoms. The summed E-state index contributed by atoms with van der Waals surface area (Å²) in [5, 5.41) is 12.8. The van der Waals surface area contributed by atoms with Crippen molar-refractivity contribution in [2.24, 2.45) is 10.6 Å². The van der Waals surface area contributed by atoms with Crippen LogP contribution in [0.25, 0.3) is 0 Å². The fraction of sp³-hybridized carbons (Fsp3) is 0.800. The molecule has 2 rings (SSSR count). The molecule has 7 heteroatoms. The highest BCUT2D eigenvalue weighted by atomic mass is 32.2. The third-order valence-electron chi connectivity index (χ3n) is 3.29. The highest BCUT2D eigenvalue weighted by Crippen LogP contribution is 2.58. The molecule has 6 nitrogen and oxygen atoms in total. The van der Waals surface area contributed by atoms with Crippen LogP contribution in [0.1, 0.15) is 51.9 Å². The third-order valence-corrected chi connectivity index (χ3v) is 4.07. The Kier molecular flexibility index (Phi) is 2.59. The molecule has 1 heterocycles. The second kappa shape index (κ2) is 3.52. The first-order chi connectivity index (χ1) is 7.64. The topological polar surface area (TPSA) is 90.9 Å². The van der Waals surface area contributed by atoms with Gasteiger partial charge in [0.25, 0.3) is 15.2 Å². The molecule has 0 spiro atoms. The van der Waals surface area contributed by atoms with Crippen LogP contribution in [0.4, 0.5) is 0 Å². The van der Waals surface area contributed by atoms with Gasteiger partial charge >= 0.3 is 0 Å². The van der Waals surface area contributed by atoms with Gasteiger partial charge in [-0.05, 0) is 25.7 Å². The number of hydrogen-bond acceptors (Lipinski definition) is 4. The molecule has 1 saturated carbocycles. The summed E-state index contributed by atoms with van der Waals surface area (Å²) in [7, 11) is -3.81. The van der Waals surface area contributed by atoms with E-state index in [-0.39, 0.29) is 22.5 Å². The van der Waals surface area contributed by atoms with Crippen LogP contribution in [0.5, 0.6) is 0 Å². The van der Waals surface area contributed by atoms with E-state index in [1.54, 1.807) is 4.57 Å². The molecule has 0 radical (unpaired) electrons. The van der Waals surface area contributed by atoms with E-state index < -0.39 is 10.0 Å². The van der Waals surface area contributed by atoms with Gasteiger partial charge in [0.1, 0.15) is 5.82 Å². The molecular weight excluding hydrogens is 240 g/mol. The van der Waals surface area contributed by atoms with Gasteiger partial charge < -0.3 is 0 Å². The predicted octanol–water partition coefficient (Wildman–Crippen LogP) is 1.02. The fourth-order valence-electron chi connectivity index (χ4n) is 2.11. The predicted molar refractivity (Wildman–Crippen MR) is 62.9 cm³/mol. The molecule has 1 unspecified atom stereocenters. The normalized spacial score (nSPS) is 23.1. The van der Waals surface area contributed by atoms with Crippen LogP contribution < -0.4 is 5.14 Å². The summed E-state index contributed by atoms with van der Waals surface area (Å²) in [6, 6.07) is -0.0234. The van der Waals surface area contributed by atoms with Gasteiger partial charge in [-0.15, -0.1) is 10.2 Å². The number of primary sulfonamides is 1. The Bertz CT molecular complexity index is 545. The Morgan fingerprint density at radius 2 is 1.94 bits per heavy atom. The van der Waals surface area contributed by atoms with Crippen molar-refractivity contribution >= 4 is 10.0 Å². The van der Waals surface area contributed by atoms with Crippen LogP contribution >= 0.6 is 0 Å². The van der Waals surface area contributed by atoms with Gasteiger partial charge in [0.2, 0.25) is 0 Å². The first kappa shape index (κ1) is 12.5. The molecule has 2 N–H and O–H groups in total. The first-order valence-corrected chi connectivity index (χ1v) is 7.17. The van der Waals surface area contributed by atoms with Crippen molar-refractivity contribution in [1.82, 2.24) is 14.8 Å². The van der Waals surface area contributed by atoms with Gasteiger partial charge in [0.05, 0.1) is 0 Å². The minimum atomic E-state index is -3.81. The van der Waals surface area contributed by atoms with Gasteiger partial charge in [-0.2, -0.15) is 0 Å². The van der Waals surface area contributed by atoms with Gasteiger partial charge in [-0.1, -0.05) is 13.8 Å². The van der Waals surface area contributed by atoms with Crippen LogP contribution in [-0.2, 0) is 10.0 Å². The zero-order valence-electron chi connectivity index (χ0n) is 10.5. The molecule has 0 bridgehead atoms. The SMILES string of the molecule is CC(C)n1c(C2CC2(C)C)nnc1S(N)(=O)=O. The van der Waals surface area contributed by atoms with E-state index in [4.69, 9.17) is 5.14 Å². The summed E-state index contributed by atoms with van der Waals surface area (Å²) in [6.45, 7) is 8.06. The van der Waals surface area contributed by atoms with Crippen LogP contribution in [0.2, 0.25) is 0 Å². The van der Waals surface area contributed by atoms with E-state index in [1.165, 1.54) is 0 Å². The standard InChI is InChI=1S/C10H18N4O2S/c1-6(2)14-8(7-5-10(7,3)4)12-13-9(14)17(11,15)16/h6-7H,5H2,1-4H3,(H2,11,15,16). The molecule has 0 aliphatic heterocycles. The lowest BCUT2D eigenvalue weighted by Crippen LogP contribution is -2.20. The Balaban J connectivity index is 2.53. The van der Waals surface area contributed by atoms with E-state index in [2.05, 4.69) is 24.0 Å². The molecule has 96 valence electrons. The van der Waals surface area contributed by atoms with Crippen molar-refractivity contribution in [1.29, 1.82) is 0 Å². The average molecular weight is 258 g/mol. The van der Waals surface area contributed by atoms with Crippen LogP contribution in [0.15, 0.2) is 5.16 Å². The quantitative estimate of drug-likeness (QED) is 0.876. The lowest BCUT2D eigenvalue weighted by molar-refractivity contribution is 0.492. The molecule has 1 fully saturated rings. The smallest absolute Gasteiger partial charge is 0.273 e. The Morgan fingerprint density at radius 3 is 2.29 bits per heavy atom. The molecule has 1 aliphatic rings. The molecule has 0 aromatic carbocycles. The van der Waals surface area contributed by atoms with Crippen LogP contribution in [-0.4, -0.2) is 23.2 Å². The Labute approximate surface area is 101 Å². The Hall–Kier alpha value is -0.950. The number of sulfonamides is 1. The van der Waals surface area contributed by atoms with Crippen molar-refractivity contribution in [3.63, 3.8) is 0 Å². The molecule has 0 amide bonds. The second-order valence-corrected chi connectivity index (χ2v) is 7.05. The highest BCUT2D eigenvalue weighted by Gasteiger charge is 2.50. The van der Waals surface area contributed by atoms with E-state index in [9.17, 15) is 8.42 Å². The summed E-state index contributed by atoms with van der Waals surface area (Å²) in [4.78, 5) is 0. The number of aromatic nitrogens is 3. The molecule has 0 saturated heterocycles. The maximum Gasteiger partial charge on any atom is 0.273 e. The van der Waals surface area contributed by atoms with Gasteiger partial charge in [0, 0.05) is 12.0 Å². The zero-order chi connectivity index (χ0) is 13.0. The lowest BCUT2D eigenvalue weighted by atomic mass is 10.1.